The van der Waals surface area contributed by atoms with Crippen molar-refractivity contribution in [2.75, 3.05) is 10.6 Å². The molecule has 0 spiro atoms. The molecule has 0 aliphatic carbocycles. The lowest BCUT2D eigenvalue weighted by Gasteiger charge is -2.08. The Morgan fingerprint density at radius 2 is 1.55 bits per heavy atom. The van der Waals surface area contributed by atoms with Gasteiger partial charge in [0.05, 0.1) is 0 Å². The fourth-order valence-electron chi connectivity index (χ4n) is 1.76. The zero-order valence-corrected chi connectivity index (χ0v) is 13.4. The first kappa shape index (κ1) is 16.2. The van der Waals surface area contributed by atoms with Crippen LogP contribution in [0.1, 0.15) is 12.0 Å². The Morgan fingerprint density at radius 1 is 1.00 bits per heavy atom. The van der Waals surface area contributed by atoms with Crippen molar-refractivity contribution < 1.29 is 14.0 Å². The summed E-state index contributed by atoms with van der Waals surface area (Å²) in [6.07, 6.45) is -0.317. The second kappa shape index (κ2) is 7.17. The van der Waals surface area contributed by atoms with Gasteiger partial charge in [0.25, 0.3) is 0 Å². The molecule has 0 aliphatic rings. The summed E-state index contributed by atoms with van der Waals surface area (Å²) < 4.78 is 13.6. The van der Waals surface area contributed by atoms with Crippen LogP contribution < -0.4 is 10.6 Å². The lowest BCUT2D eigenvalue weighted by atomic mass is 10.2. The average molecular weight is 365 g/mol. The number of halogens is 2. The molecule has 0 radical (unpaired) electrons. The third-order valence-corrected chi connectivity index (χ3v) is 3.76. The Labute approximate surface area is 135 Å². The molecule has 114 valence electrons. The maximum absolute atomic E-state index is 12.8. The van der Waals surface area contributed by atoms with Crippen molar-refractivity contribution >= 4 is 39.1 Å². The summed E-state index contributed by atoms with van der Waals surface area (Å²) in [6.45, 7) is 1.94. The fraction of sp³-hybridized carbons (Fsp3) is 0.125. The maximum atomic E-state index is 12.8. The van der Waals surface area contributed by atoms with Crippen LogP contribution in [0.5, 0.6) is 0 Å². The highest BCUT2D eigenvalue weighted by Crippen LogP contribution is 2.20. The number of benzene rings is 2. The van der Waals surface area contributed by atoms with Gasteiger partial charge in [0.15, 0.2) is 0 Å². The third kappa shape index (κ3) is 4.66. The van der Waals surface area contributed by atoms with Gasteiger partial charge < -0.3 is 10.6 Å². The molecule has 2 aromatic rings. The third-order valence-electron chi connectivity index (χ3n) is 2.90. The van der Waals surface area contributed by atoms with Crippen LogP contribution in [0.3, 0.4) is 0 Å². The van der Waals surface area contributed by atoms with Crippen LogP contribution in [0.25, 0.3) is 0 Å². The van der Waals surface area contributed by atoms with Crippen molar-refractivity contribution in [1.82, 2.24) is 0 Å². The first-order valence-corrected chi connectivity index (χ1v) is 7.35. The van der Waals surface area contributed by atoms with E-state index in [2.05, 4.69) is 26.6 Å². The number of anilines is 2. The summed E-state index contributed by atoms with van der Waals surface area (Å²) >= 11 is 3.38. The topological polar surface area (TPSA) is 58.2 Å². The first-order chi connectivity index (χ1) is 10.4. The van der Waals surface area contributed by atoms with Crippen LogP contribution in [-0.2, 0) is 9.59 Å². The van der Waals surface area contributed by atoms with Crippen LogP contribution in [-0.4, -0.2) is 11.8 Å². The molecule has 22 heavy (non-hydrogen) atoms. The molecule has 0 bridgehead atoms. The second-order valence-corrected chi connectivity index (χ2v) is 5.60. The van der Waals surface area contributed by atoms with Crippen LogP contribution in [0.4, 0.5) is 15.8 Å². The molecule has 0 unspecified atom stereocenters. The maximum Gasteiger partial charge on any atom is 0.233 e. The van der Waals surface area contributed by atoms with Crippen molar-refractivity contribution in [1.29, 1.82) is 0 Å². The number of rotatable bonds is 4. The van der Waals surface area contributed by atoms with Gasteiger partial charge in [-0.05, 0) is 48.9 Å². The van der Waals surface area contributed by atoms with Crippen molar-refractivity contribution in [2.45, 2.75) is 13.3 Å². The Hall–Kier alpha value is -2.21. The Balaban J connectivity index is 1.89. The van der Waals surface area contributed by atoms with E-state index in [1.165, 1.54) is 24.3 Å². The zero-order valence-electron chi connectivity index (χ0n) is 11.8. The molecule has 0 aliphatic heterocycles. The Bertz CT molecular complexity index is 702. The van der Waals surface area contributed by atoms with Crippen LogP contribution in [0.15, 0.2) is 46.9 Å². The number of hydrogen-bond acceptors (Lipinski definition) is 2. The van der Waals surface area contributed by atoms with E-state index in [0.717, 1.165) is 10.0 Å². The summed E-state index contributed by atoms with van der Waals surface area (Å²) in [4.78, 5) is 23.6. The van der Waals surface area contributed by atoms with Crippen molar-refractivity contribution in [2.24, 2.45) is 0 Å². The monoisotopic (exact) mass is 364 g/mol. The van der Waals surface area contributed by atoms with Crippen molar-refractivity contribution in [3.05, 3.63) is 58.3 Å². The fourth-order valence-corrected chi connectivity index (χ4v) is 2.14. The quantitative estimate of drug-likeness (QED) is 0.809. The summed E-state index contributed by atoms with van der Waals surface area (Å²) in [7, 11) is 0. The summed E-state index contributed by atoms with van der Waals surface area (Å²) in [5.74, 6) is -1.27. The van der Waals surface area contributed by atoms with Crippen LogP contribution >= 0.6 is 15.9 Å². The van der Waals surface area contributed by atoms with E-state index in [1.54, 1.807) is 12.1 Å². The molecule has 4 nitrogen and oxygen atoms in total. The highest BCUT2D eigenvalue weighted by molar-refractivity contribution is 9.10. The number of carbonyl (C=O) groups excluding carboxylic acids is 2. The summed E-state index contributed by atoms with van der Waals surface area (Å²) in [5, 5.41) is 5.18. The van der Waals surface area contributed by atoms with Gasteiger partial charge in [-0.3, -0.25) is 9.59 Å². The zero-order chi connectivity index (χ0) is 16.1. The molecule has 0 saturated heterocycles. The van der Waals surface area contributed by atoms with E-state index in [4.69, 9.17) is 0 Å². The number of aryl methyl sites for hydroxylation is 1. The molecule has 0 heterocycles. The van der Waals surface area contributed by atoms with Crippen molar-refractivity contribution in [3.63, 3.8) is 0 Å². The average Bonchev–Trinajstić information content (AvgIpc) is 2.45. The van der Waals surface area contributed by atoms with Gasteiger partial charge in [-0.2, -0.15) is 0 Å². The molecular weight excluding hydrogens is 351 g/mol. The van der Waals surface area contributed by atoms with Gasteiger partial charge in [-0.1, -0.05) is 22.0 Å². The van der Waals surface area contributed by atoms with E-state index in [-0.39, 0.29) is 12.2 Å². The lowest BCUT2D eigenvalue weighted by Crippen LogP contribution is -2.21. The van der Waals surface area contributed by atoms with Gasteiger partial charge >= 0.3 is 0 Å². The molecule has 0 saturated carbocycles. The van der Waals surface area contributed by atoms with E-state index in [0.29, 0.717) is 11.4 Å². The minimum absolute atomic E-state index is 0.317. The molecular formula is C16H14BrFN2O2. The van der Waals surface area contributed by atoms with E-state index in [9.17, 15) is 14.0 Å². The van der Waals surface area contributed by atoms with E-state index in [1.807, 2.05) is 13.0 Å². The van der Waals surface area contributed by atoms with Crippen LogP contribution in [0, 0.1) is 12.7 Å². The van der Waals surface area contributed by atoms with Gasteiger partial charge in [-0.25, -0.2) is 4.39 Å². The number of hydrogen-bond donors (Lipinski definition) is 2. The first-order valence-electron chi connectivity index (χ1n) is 6.55. The SMILES string of the molecule is Cc1ccc(NC(=O)CC(=O)Nc2ccc(F)cc2)cc1Br. The molecule has 0 atom stereocenters. The predicted octanol–water partition coefficient (Wildman–Crippen LogP) is 3.86. The standard InChI is InChI=1S/C16H14BrFN2O2/c1-10-2-5-13(8-14(10)17)20-16(22)9-15(21)19-12-6-3-11(18)4-7-12/h2-8H,9H2,1H3,(H,19,21)(H,20,22). The minimum atomic E-state index is -0.463. The molecule has 2 aromatic carbocycles. The molecule has 2 rings (SSSR count). The van der Waals surface area contributed by atoms with Gasteiger partial charge in [0.2, 0.25) is 11.8 Å². The van der Waals surface area contributed by atoms with E-state index >= 15 is 0 Å². The highest BCUT2D eigenvalue weighted by Gasteiger charge is 2.10. The number of carbonyl (C=O) groups is 2. The molecule has 0 fully saturated rings. The Kier molecular flexibility index (Phi) is 5.27. The largest absolute Gasteiger partial charge is 0.326 e. The van der Waals surface area contributed by atoms with Crippen LogP contribution in [0.2, 0.25) is 0 Å². The van der Waals surface area contributed by atoms with Gasteiger partial charge in [0.1, 0.15) is 12.2 Å². The van der Waals surface area contributed by atoms with Gasteiger partial charge in [0, 0.05) is 15.8 Å². The van der Waals surface area contributed by atoms with Crippen molar-refractivity contribution in [3.8, 4) is 0 Å². The minimum Gasteiger partial charge on any atom is -0.326 e. The van der Waals surface area contributed by atoms with Gasteiger partial charge in [-0.15, -0.1) is 0 Å². The summed E-state index contributed by atoms with van der Waals surface area (Å²) in [6, 6.07) is 10.7. The molecule has 2 N–H and O–H groups in total. The normalized spacial score (nSPS) is 10.1. The smallest absolute Gasteiger partial charge is 0.233 e. The summed E-state index contributed by atoms with van der Waals surface area (Å²) in [5.41, 5.74) is 2.10. The number of amides is 2. The predicted molar refractivity (Wildman–Crippen MR) is 87.2 cm³/mol. The molecule has 6 heteroatoms. The molecule has 0 aromatic heterocycles. The van der Waals surface area contributed by atoms with E-state index < -0.39 is 11.8 Å². The molecule has 2 amide bonds. The second-order valence-electron chi connectivity index (χ2n) is 4.74. The highest BCUT2D eigenvalue weighted by atomic mass is 79.9. The lowest BCUT2D eigenvalue weighted by molar-refractivity contribution is -0.123. The Morgan fingerprint density at radius 3 is 2.14 bits per heavy atom. The number of nitrogens with one attached hydrogen (secondary N) is 2.